The van der Waals surface area contributed by atoms with Crippen molar-refractivity contribution >= 4 is 24.8 Å². The number of ether oxygens (including phenoxy) is 1. The van der Waals surface area contributed by atoms with Crippen LogP contribution in [0.1, 0.15) is 17.2 Å². The van der Waals surface area contributed by atoms with E-state index in [9.17, 15) is 13.2 Å². The van der Waals surface area contributed by atoms with Crippen molar-refractivity contribution in [1.29, 1.82) is 0 Å². The summed E-state index contributed by atoms with van der Waals surface area (Å²) in [4.78, 5) is 2.28. The average Bonchev–Trinajstić information content (AvgIpc) is 3.03. The van der Waals surface area contributed by atoms with E-state index in [4.69, 9.17) is 4.42 Å². The molecule has 1 atom stereocenters. The van der Waals surface area contributed by atoms with Crippen molar-refractivity contribution in [3.63, 3.8) is 0 Å². The number of hydrogen-bond donors (Lipinski definition) is 1. The zero-order valence-electron chi connectivity index (χ0n) is 13.2. The van der Waals surface area contributed by atoms with Crippen molar-refractivity contribution in [3.05, 3.63) is 54.0 Å². The summed E-state index contributed by atoms with van der Waals surface area (Å²) in [5, 5.41) is 3.29. The molecule has 0 spiro atoms. The molecular weight excluding hydrogens is 380 g/mol. The van der Waals surface area contributed by atoms with Gasteiger partial charge < -0.3 is 14.5 Å². The normalized spacial score (nSPS) is 16.4. The molecule has 1 aliphatic rings. The molecule has 1 aromatic carbocycles. The van der Waals surface area contributed by atoms with Crippen LogP contribution in [-0.4, -0.2) is 37.4 Å². The smallest absolute Gasteiger partial charge is 0.472 e. The molecule has 0 saturated carbocycles. The van der Waals surface area contributed by atoms with Gasteiger partial charge in [-0.15, -0.1) is 38.0 Å². The standard InChI is InChI=1S/C16H17F3N2O2.2ClH/c17-16(18,19)23-14-3-1-12(2-4-14)15(13-5-10-22-11-13)21-8-6-20-7-9-21;;/h1-5,10-11,15,20H,6-9H2;2*1H/t15-;;/m0../s1. The number of rotatable bonds is 4. The third kappa shape index (κ3) is 5.81. The van der Waals surface area contributed by atoms with E-state index in [2.05, 4.69) is 15.0 Å². The lowest BCUT2D eigenvalue weighted by Crippen LogP contribution is -2.45. The van der Waals surface area contributed by atoms with Gasteiger partial charge in [-0.1, -0.05) is 12.1 Å². The number of alkyl halides is 3. The molecule has 0 radical (unpaired) electrons. The quantitative estimate of drug-likeness (QED) is 0.843. The monoisotopic (exact) mass is 398 g/mol. The van der Waals surface area contributed by atoms with E-state index in [1.165, 1.54) is 12.1 Å². The molecule has 1 fully saturated rings. The Morgan fingerprint density at radius 3 is 2.16 bits per heavy atom. The summed E-state index contributed by atoms with van der Waals surface area (Å²) >= 11 is 0. The Labute approximate surface area is 156 Å². The maximum absolute atomic E-state index is 12.3. The van der Waals surface area contributed by atoms with Gasteiger partial charge in [0.2, 0.25) is 0 Å². The van der Waals surface area contributed by atoms with E-state index in [-0.39, 0.29) is 36.6 Å². The molecule has 3 rings (SSSR count). The molecule has 1 aromatic heterocycles. The molecule has 2 aromatic rings. The van der Waals surface area contributed by atoms with Gasteiger partial charge in [0, 0.05) is 31.7 Å². The van der Waals surface area contributed by atoms with E-state index in [1.54, 1.807) is 24.7 Å². The Bertz CT molecular complexity index is 615. The number of halogens is 5. The fourth-order valence-electron chi connectivity index (χ4n) is 2.84. The molecule has 2 heterocycles. The Kier molecular flexibility index (Phi) is 8.08. The zero-order chi connectivity index (χ0) is 16.3. The summed E-state index contributed by atoms with van der Waals surface area (Å²) in [6, 6.07) is 7.86. The molecule has 0 amide bonds. The number of furan rings is 1. The van der Waals surface area contributed by atoms with Gasteiger partial charge in [0.15, 0.2) is 0 Å². The minimum atomic E-state index is -4.68. The van der Waals surface area contributed by atoms with Gasteiger partial charge in [0.25, 0.3) is 0 Å². The number of hydrogen-bond acceptors (Lipinski definition) is 4. The van der Waals surface area contributed by atoms with E-state index < -0.39 is 6.36 Å². The molecule has 0 unspecified atom stereocenters. The van der Waals surface area contributed by atoms with Gasteiger partial charge in [-0.2, -0.15) is 0 Å². The Hall–Kier alpha value is -1.41. The lowest BCUT2D eigenvalue weighted by molar-refractivity contribution is -0.274. The predicted octanol–water partition coefficient (Wildman–Crippen LogP) is 4.02. The highest BCUT2D eigenvalue weighted by molar-refractivity contribution is 5.85. The molecule has 140 valence electrons. The van der Waals surface area contributed by atoms with Crippen LogP contribution < -0.4 is 10.1 Å². The third-order valence-corrected chi connectivity index (χ3v) is 3.81. The van der Waals surface area contributed by atoms with Crippen LogP contribution in [0.25, 0.3) is 0 Å². The third-order valence-electron chi connectivity index (χ3n) is 3.81. The first kappa shape index (κ1) is 21.6. The maximum atomic E-state index is 12.3. The molecule has 9 heteroatoms. The second kappa shape index (κ2) is 9.33. The summed E-state index contributed by atoms with van der Waals surface area (Å²) in [7, 11) is 0. The highest BCUT2D eigenvalue weighted by Crippen LogP contribution is 2.31. The van der Waals surface area contributed by atoms with Crippen LogP contribution in [0.4, 0.5) is 13.2 Å². The van der Waals surface area contributed by atoms with Crippen molar-refractivity contribution in [2.75, 3.05) is 26.2 Å². The maximum Gasteiger partial charge on any atom is 0.573 e. The van der Waals surface area contributed by atoms with Crippen LogP contribution in [0.15, 0.2) is 47.3 Å². The van der Waals surface area contributed by atoms with Crippen LogP contribution in [-0.2, 0) is 0 Å². The van der Waals surface area contributed by atoms with Crippen molar-refractivity contribution < 1.29 is 22.3 Å². The van der Waals surface area contributed by atoms with Crippen molar-refractivity contribution in [2.24, 2.45) is 0 Å². The van der Waals surface area contributed by atoms with Crippen LogP contribution in [0, 0.1) is 0 Å². The van der Waals surface area contributed by atoms with Crippen molar-refractivity contribution in [2.45, 2.75) is 12.4 Å². The first-order valence-electron chi connectivity index (χ1n) is 7.35. The zero-order valence-corrected chi connectivity index (χ0v) is 14.8. The molecule has 1 aliphatic heterocycles. The second-order valence-corrected chi connectivity index (χ2v) is 5.36. The highest BCUT2D eigenvalue weighted by Gasteiger charge is 2.31. The molecular formula is C16H19Cl2F3N2O2. The molecule has 1 N–H and O–H groups in total. The lowest BCUT2D eigenvalue weighted by Gasteiger charge is -2.34. The van der Waals surface area contributed by atoms with Gasteiger partial charge in [0.1, 0.15) is 5.75 Å². The predicted molar refractivity (Wildman–Crippen MR) is 92.6 cm³/mol. The largest absolute Gasteiger partial charge is 0.573 e. The summed E-state index contributed by atoms with van der Waals surface area (Å²) in [6.07, 6.45) is -1.40. The molecule has 4 nitrogen and oxygen atoms in total. The summed E-state index contributed by atoms with van der Waals surface area (Å²) in [6.45, 7) is 3.47. The second-order valence-electron chi connectivity index (χ2n) is 5.36. The summed E-state index contributed by atoms with van der Waals surface area (Å²) in [5.74, 6) is -0.215. The lowest BCUT2D eigenvalue weighted by atomic mass is 9.98. The van der Waals surface area contributed by atoms with Gasteiger partial charge in [0.05, 0.1) is 18.6 Å². The fraction of sp³-hybridized carbons (Fsp3) is 0.375. The first-order chi connectivity index (χ1) is 11.0. The van der Waals surface area contributed by atoms with Crippen LogP contribution in [0.5, 0.6) is 5.75 Å². The van der Waals surface area contributed by atoms with Gasteiger partial charge in [-0.05, 0) is 23.8 Å². The molecule has 0 aliphatic carbocycles. The molecule has 1 saturated heterocycles. The van der Waals surface area contributed by atoms with Crippen LogP contribution in [0.3, 0.4) is 0 Å². The molecule has 0 bridgehead atoms. The SMILES string of the molecule is Cl.Cl.FC(F)(F)Oc1ccc([C@@H](c2ccoc2)N2CCNCC2)cc1. The highest BCUT2D eigenvalue weighted by atomic mass is 35.5. The number of benzene rings is 1. The summed E-state index contributed by atoms with van der Waals surface area (Å²) in [5.41, 5.74) is 1.89. The summed E-state index contributed by atoms with van der Waals surface area (Å²) < 4.78 is 45.9. The minimum absolute atomic E-state index is 0. The number of nitrogens with one attached hydrogen (secondary N) is 1. The Morgan fingerprint density at radius 1 is 1.00 bits per heavy atom. The Morgan fingerprint density at radius 2 is 1.64 bits per heavy atom. The van der Waals surface area contributed by atoms with Gasteiger partial charge in [-0.25, -0.2) is 0 Å². The molecule has 25 heavy (non-hydrogen) atoms. The average molecular weight is 399 g/mol. The minimum Gasteiger partial charge on any atom is -0.472 e. The Balaban J connectivity index is 0.00000156. The number of piperazine rings is 1. The topological polar surface area (TPSA) is 37.6 Å². The van der Waals surface area contributed by atoms with E-state index >= 15 is 0 Å². The fourth-order valence-corrected chi connectivity index (χ4v) is 2.84. The van der Waals surface area contributed by atoms with E-state index in [0.717, 1.165) is 37.3 Å². The van der Waals surface area contributed by atoms with Crippen LogP contribution >= 0.6 is 24.8 Å². The first-order valence-corrected chi connectivity index (χ1v) is 7.35. The van der Waals surface area contributed by atoms with E-state index in [0.29, 0.717) is 0 Å². The van der Waals surface area contributed by atoms with Gasteiger partial charge in [-0.3, -0.25) is 4.90 Å². The van der Waals surface area contributed by atoms with Crippen molar-refractivity contribution in [1.82, 2.24) is 10.2 Å². The van der Waals surface area contributed by atoms with Crippen LogP contribution in [0.2, 0.25) is 0 Å². The van der Waals surface area contributed by atoms with Gasteiger partial charge >= 0.3 is 6.36 Å². The van der Waals surface area contributed by atoms with E-state index in [1.807, 2.05) is 6.07 Å². The number of nitrogens with zero attached hydrogens (tertiary/aromatic N) is 1. The van der Waals surface area contributed by atoms with Crippen molar-refractivity contribution in [3.8, 4) is 5.75 Å².